The van der Waals surface area contributed by atoms with Crippen LogP contribution in [0, 0.1) is 14.9 Å². The molecule has 0 aliphatic heterocycles. The molecule has 4 nitrogen and oxygen atoms in total. The fourth-order valence-corrected chi connectivity index (χ4v) is 2.27. The Morgan fingerprint density at radius 2 is 2.25 bits per heavy atom. The van der Waals surface area contributed by atoms with Crippen molar-refractivity contribution < 1.29 is 15.0 Å². The van der Waals surface area contributed by atoms with E-state index in [4.69, 9.17) is 10.4 Å². The molecule has 0 aromatic heterocycles. The van der Waals surface area contributed by atoms with E-state index < -0.39 is 12.1 Å². The number of halogens is 1. The van der Waals surface area contributed by atoms with E-state index in [1.807, 2.05) is 28.7 Å². The summed E-state index contributed by atoms with van der Waals surface area (Å²) in [5, 5.41) is 26.9. The van der Waals surface area contributed by atoms with Gasteiger partial charge in [0.1, 0.15) is 0 Å². The number of nitrogens with zero attached hydrogens (tertiary/aromatic N) is 1. The molecule has 1 aromatic rings. The number of carboxylic acid groups (broad SMARTS) is 1. The molecule has 84 valence electrons. The second-order valence-electron chi connectivity index (χ2n) is 3.21. The first-order valence-corrected chi connectivity index (χ1v) is 5.71. The third-order valence-electron chi connectivity index (χ3n) is 2.16. The minimum Gasteiger partial charge on any atom is -0.479 e. The molecule has 1 unspecified atom stereocenters. The molecule has 1 rings (SSSR count). The van der Waals surface area contributed by atoms with Crippen molar-refractivity contribution in [1.29, 1.82) is 5.26 Å². The standard InChI is InChI=1S/C11H10INO3/c12-8-5-1-3-7(4-2-6-13)9(8)10(14)11(15)16/h1,3,5,10,14H,2,4H2,(H,15,16). The second kappa shape index (κ2) is 5.82. The van der Waals surface area contributed by atoms with E-state index in [2.05, 4.69) is 0 Å². The number of nitriles is 1. The van der Waals surface area contributed by atoms with Crippen LogP contribution in [0.5, 0.6) is 0 Å². The summed E-state index contributed by atoms with van der Waals surface area (Å²) >= 11 is 1.98. The summed E-state index contributed by atoms with van der Waals surface area (Å²) < 4.78 is 0.697. The number of aliphatic hydroxyl groups is 1. The molecule has 0 spiro atoms. The number of carbonyl (C=O) groups is 1. The Labute approximate surface area is 107 Å². The number of aryl methyl sites for hydroxylation is 1. The minimum absolute atomic E-state index is 0.305. The summed E-state index contributed by atoms with van der Waals surface area (Å²) in [7, 11) is 0. The van der Waals surface area contributed by atoms with Gasteiger partial charge in [-0.1, -0.05) is 12.1 Å². The highest BCUT2D eigenvalue weighted by atomic mass is 127. The molecule has 0 radical (unpaired) electrons. The lowest BCUT2D eigenvalue weighted by atomic mass is 9.99. The maximum atomic E-state index is 10.8. The Kier molecular flexibility index (Phi) is 4.71. The van der Waals surface area contributed by atoms with Crippen LogP contribution in [0.1, 0.15) is 23.7 Å². The van der Waals surface area contributed by atoms with Gasteiger partial charge in [0.25, 0.3) is 0 Å². The number of carboxylic acids is 1. The smallest absolute Gasteiger partial charge is 0.337 e. The van der Waals surface area contributed by atoms with Gasteiger partial charge < -0.3 is 10.2 Å². The lowest BCUT2D eigenvalue weighted by Gasteiger charge is -2.13. The Bertz CT molecular complexity index is 439. The zero-order valence-corrected chi connectivity index (χ0v) is 10.5. The van der Waals surface area contributed by atoms with Crippen LogP contribution < -0.4 is 0 Å². The molecule has 0 fully saturated rings. The first kappa shape index (κ1) is 12.9. The largest absolute Gasteiger partial charge is 0.479 e. The summed E-state index contributed by atoms with van der Waals surface area (Å²) in [4.78, 5) is 10.8. The van der Waals surface area contributed by atoms with E-state index in [0.717, 1.165) is 0 Å². The Balaban J connectivity index is 3.13. The fourth-order valence-electron chi connectivity index (χ4n) is 1.42. The number of benzene rings is 1. The van der Waals surface area contributed by atoms with Crippen LogP contribution in [0.25, 0.3) is 0 Å². The molecule has 1 aromatic carbocycles. The van der Waals surface area contributed by atoms with Gasteiger partial charge in [-0.25, -0.2) is 4.79 Å². The lowest BCUT2D eigenvalue weighted by Crippen LogP contribution is -2.14. The summed E-state index contributed by atoms with van der Waals surface area (Å²) in [6.45, 7) is 0. The highest BCUT2D eigenvalue weighted by molar-refractivity contribution is 14.1. The van der Waals surface area contributed by atoms with Gasteiger partial charge in [-0.05, 0) is 40.6 Å². The zero-order chi connectivity index (χ0) is 12.1. The molecular weight excluding hydrogens is 321 g/mol. The Morgan fingerprint density at radius 3 is 2.81 bits per heavy atom. The van der Waals surface area contributed by atoms with Gasteiger partial charge in [0.15, 0.2) is 6.10 Å². The van der Waals surface area contributed by atoms with Gasteiger partial charge in [0.05, 0.1) is 6.07 Å². The molecule has 5 heteroatoms. The van der Waals surface area contributed by atoms with Crippen LogP contribution in [0.4, 0.5) is 0 Å². The van der Waals surface area contributed by atoms with Gasteiger partial charge in [0.2, 0.25) is 0 Å². The van der Waals surface area contributed by atoms with Crippen LogP contribution in [-0.4, -0.2) is 16.2 Å². The first-order valence-electron chi connectivity index (χ1n) is 4.63. The van der Waals surface area contributed by atoms with E-state index in [0.29, 0.717) is 27.5 Å². The summed E-state index contributed by atoms with van der Waals surface area (Å²) in [5.74, 6) is -1.28. The highest BCUT2D eigenvalue weighted by Gasteiger charge is 2.21. The van der Waals surface area contributed by atoms with Gasteiger partial charge in [-0.3, -0.25) is 0 Å². The third-order valence-corrected chi connectivity index (χ3v) is 3.10. The monoisotopic (exact) mass is 331 g/mol. The molecule has 0 saturated carbocycles. The van der Waals surface area contributed by atoms with Crippen molar-refractivity contribution in [3.05, 3.63) is 32.9 Å². The number of rotatable bonds is 4. The first-order chi connectivity index (χ1) is 7.57. The molecule has 1 atom stereocenters. The SMILES string of the molecule is N#CCCc1cccc(I)c1C(O)C(=O)O. The summed E-state index contributed by atoms with van der Waals surface area (Å²) in [6.07, 6.45) is -0.770. The van der Waals surface area contributed by atoms with Gasteiger partial charge >= 0.3 is 5.97 Å². The fraction of sp³-hybridized carbons (Fsp3) is 0.273. The predicted molar refractivity (Wildman–Crippen MR) is 65.7 cm³/mol. The average Bonchev–Trinajstić information content (AvgIpc) is 2.25. The van der Waals surface area contributed by atoms with Gasteiger partial charge in [-0.2, -0.15) is 5.26 Å². The maximum Gasteiger partial charge on any atom is 0.337 e. The highest BCUT2D eigenvalue weighted by Crippen LogP contribution is 2.25. The van der Waals surface area contributed by atoms with Crippen LogP contribution in [-0.2, 0) is 11.2 Å². The summed E-state index contributed by atoms with van der Waals surface area (Å²) in [5.41, 5.74) is 1.11. The van der Waals surface area contributed by atoms with Crippen molar-refractivity contribution in [1.82, 2.24) is 0 Å². The van der Waals surface area contributed by atoms with Crippen LogP contribution >= 0.6 is 22.6 Å². The van der Waals surface area contributed by atoms with E-state index in [-0.39, 0.29) is 0 Å². The van der Waals surface area contributed by atoms with Crippen molar-refractivity contribution in [3.63, 3.8) is 0 Å². The molecule has 0 heterocycles. The van der Waals surface area contributed by atoms with Gasteiger partial charge in [0, 0.05) is 15.6 Å². The molecule has 2 N–H and O–H groups in total. The molecular formula is C11H10INO3. The van der Waals surface area contributed by atoms with E-state index in [9.17, 15) is 9.90 Å². The van der Waals surface area contributed by atoms with Crippen molar-refractivity contribution in [2.24, 2.45) is 0 Å². The number of aliphatic carboxylic acids is 1. The van der Waals surface area contributed by atoms with Crippen molar-refractivity contribution >= 4 is 28.6 Å². The molecule has 0 aliphatic rings. The van der Waals surface area contributed by atoms with Crippen molar-refractivity contribution in [3.8, 4) is 6.07 Å². The minimum atomic E-state index is -1.53. The lowest BCUT2D eigenvalue weighted by molar-refractivity contribution is -0.147. The predicted octanol–water partition coefficient (Wildman–Crippen LogP) is 1.87. The Hall–Kier alpha value is -1.13. The number of aliphatic hydroxyl groups excluding tert-OH is 1. The van der Waals surface area contributed by atoms with E-state index >= 15 is 0 Å². The molecule has 0 aliphatic carbocycles. The molecule has 0 saturated heterocycles. The van der Waals surface area contributed by atoms with Crippen LogP contribution in [0.2, 0.25) is 0 Å². The molecule has 16 heavy (non-hydrogen) atoms. The van der Waals surface area contributed by atoms with Crippen LogP contribution in [0.3, 0.4) is 0 Å². The molecule has 0 amide bonds. The van der Waals surface area contributed by atoms with Gasteiger partial charge in [-0.15, -0.1) is 0 Å². The van der Waals surface area contributed by atoms with E-state index in [1.54, 1.807) is 18.2 Å². The normalized spacial score (nSPS) is 11.8. The molecule has 0 bridgehead atoms. The second-order valence-corrected chi connectivity index (χ2v) is 4.37. The summed E-state index contributed by atoms with van der Waals surface area (Å²) in [6, 6.07) is 7.25. The zero-order valence-electron chi connectivity index (χ0n) is 8.35. The maximum absolute atomic E-state index is 10.8. The topological polar surface area (TPSA) is 81.3 Å². The van der Waals surface area contributed by atoms with Crippen molar-refractivity contribution in [2.75, 3.05) is 0 Å². The quantitative estimate of drug-likeness (QED) is 0.826. The Morgan fingerprint density at radius 1 is 1.56 bits per heavy atom. The van der Waals surface area contributed by atoms with Crippen LogP contribution in [0.15, 0.2) is 18.2 Å². The van der Waals surface area contributed by atoms with Crippen molar-refractivity contribution in [2.45, 2.75) is 18.9 Å². The number of hydrogen-bond acceptors (Lipinski definition) is 3. The average molecular weight is 331 g/mol. The third kappa shape index (κ3) is 2.93. The van der Waals surface area contributed by atoms with E-state index in [1.165, 1.54) is 0 Å². The number of hydrogen-bond donors (Lipinski definition) is 2.